The third-order valence-corrected chi connectivity index (χ3v) is 6.40. The molecule has 4 rings (SSSR count). The van der Waals surface area contributed by atoms with Gasteiger partial charge in [-0.05, 0) is 23.3 Å². The number of benzene rings is 2. The fourth-order valence-corrected chi connectivity index (χ4v) is 4.42. The van der Waals surface area contributed by atoms with E-state index in [2.05, 4.69) is 23.7 Å². The van der Waals surface area contributed by atoms with E-state index < -0.39 is 12.4 Å². The van der Waals surface area contributed by atoms with Gasteiger partial charge in [-0.25, -0.2) is 4.79 Å². The summed E-state index contributed by atoms with van der Waals surface area (Å²) in [5.41, 5.74) is 3.30. The predicted molar refractivity (Wildman–Crippen MR) is 132 cm³/mol. The molecule has 1 amide bonds. The smallest absolute Gasteiger partial charge is 0.411 e. The number of nitrogens with one attached hydrogen (secondary N) is 1. The molecule has 0 aromatic heterocycles. The molecular formula is C27H34N2O6. The maximum absolute atomic E-state index is 12.0. The summed E-state index contributed by atoms with van der Waals surface area (Å²) < 4.78 is 23.5. The lowest BCUT2D eigenvalue weighted by molar-refractivity contribution is -0.277. The highest BCUT2D eigenvalue weighted by molar-refractivity contribution is 5.84. The normalized spacial score (nSPS) is 25.1. The molecule has 35 heavy (non-hydrogen) atoms. The molecule has 0 radical (unpaired) electrons. The molecule has 0 saturated carbocycles. The lowest BCUT2D eigenvalue weighted by Crippen LogP contribution is -2.47. The molecule has 8 heteroatoms. The Morgan fingerprint density at radius 3 is 2.66 bits per heavy atom. The zero-order valence-corrected chi connectivity index (χ0v) is 20.1. The van der Waals surface area contributed by atoms with Crippen LogP contribution in [-0.2, 0) is 25.6 Å². The quantitative estimate of drug-likeness (QED) is 0.549. The number of morpholine rings is 1. The molecule has 4 atom stereocenters. The Hall–Kier alpha value is -2.75. The van der Waals surface area contributed by atoms with Gasteiger partial charge in [0.15, 0.2) is 6.29 Å². The topological polar surface area (TPSA) is 89.5 Å². The fraction of sp³-hybridized carbons (Fsp3) is 0.444. The molecule has 2 heterocycles. The van der Waals surface area contributed by atoms with Gasteiger partial charge in [0.25, 0.3) is 0 Å². The van der Waals surface area contributed by atoms with Crippen molar-refractivity contribution in [1.82, 2.24) is 4.90 Å². The average Bonchev–Trinajstić information content (AvgIpc) is 2.89. The highest BCUT2D eigenvalue weighted by Gasteiger charge is 2.39. The molecule has 8 nitrogen and oxygen atoms in total. The number of nitrogens with zero attached hydrogens (tertiary/aromatic N) is 1. The molecule has 2 aliphatic rings. The van der Waals surface area contributed by atoms with E-state index in [9.17, 15) is 9.90 Å². The second-order valence-electron chi connectivity index (χ2n) is 8.87. The minimum atomic E-state index is -0.606. The summed E-state index contributed by atoms with van der Waals surface area (Å²) in [6.07, 6.45) is 0.104. The van der Waals surface area contributed by atoms with Crippen molar-refractivity contribution in [3.05, 3.63) is 77.9 Å². The molecule has 0 bridgehead atoms. The molecule has 2 aromatic carbocycles. The first-order chi connectivity index (χ1) is 17.1. The minimum absolute atomic E-state index is 0.00176. The maximum Gasteiger partial charge on any atom is 0.411 e. The van der Waals surface area contributed by atoms with Gasteiger partial charge < -0.3 is 24.1 Å². The Labute approximate surface area is 206 Å². The Kier molecular flexibility index (Phi) is 8.90. The first-order valence-corrected chi connectivity index (χ1v) is 12.0. The second kappa shape index (κ2) is 12.3. The van der Waals surface area contributed by atoms with Crippen LogP contribution in [0.2, 0.25) is 0 Å². The lowest BCUT2D eigenvalue weighted by Gasteiger charge is -2.43. The van der Waals surface area contributed by atoms with Crippen molar-refractivity contribution in [3.63, 3.8) is 0 Å². The molecule has 0 unspecified atom stereocenters. The largest absolute Gasteiger partial charge is 0.445 e. The van der Waals surface area contributed by atoms with Crippen molar-refractivity contribution in [1.29, 1.82) is 0 Å². The van der Waals surface area contributed by atoms with Crippen molar-refractivity contribution >= 4 is 11.8 Å². The summed E-state index contributed by atoms with van der Waals surface area (Å²) in [6.45, 7) is 9.82. The van der Waals surface area contributed by atoms with Gasteiger partial charge in [-0.15, -0.1) is 0 Å². The number of hydrogen-bond donors (Lipinski definition) is 2. The van der Waals surface area contributed by atoms with Gasteiger partial charge in [0.1, 0.15) is 6.61 Å². The zero-order valence-electron chi connectivity index (χ0n) is 20.1. The first kappa shape index (κ1) is 25.3. The average molecular weight is 483 g/mol. The van der Waals surface area contributed by atoms with Crippen LogP contribution in [0.25, 0.3) is 0 Å². The van der Waals surface area contributed by atoms with Crippen molar-refractivity contribution in [2.24, 2.45) is 5.92 Å². The molecule has 2 N–H and O–H groups in total. The molecular weight excluding hydrogens is 448 g/mol. The Morgan fingerprint density at radius 1 is 1.17 bits per heavy atom. The van der Waals surface area contributed by atoms with E-state index >= 15 is 0 Å². The van der Waals surface area contributed by atoms with Crippen molar-refractivity contribution in [2.45, 2.75) is 32.0 Å². The monoisotopic (exact) mass is 482 g/mol. The number of aliphatic hydroxyl groups is 1. The zero-order chi connectivity index (χ0) is 24.6. The van der Waals surface area contributed by atoms with E-state index in [1.54, 1.807) is 6.07 Å². The van der Waals surface area contributed by atoms with Crippen LogP contribution < -0.4 is 5.32 Å². The molecule has 2 saturated heterocycles. The van der Waals surface area contributed by atoms with Crippen LogP contribution in [0.5, 0.6) is 0 Å². The van der Waals surface area contributed by atoms with Gasteiger partial charge >= 0.3 is 6.09 Å². The number of carbonyl (C=O) groups is 1. The second-order valence-corrected chi connectivity index (χ2v) is 8.87. The Balaban J connectivity index is 1.56. The number of hydrogen-bond acceptors (Lipinski definition) is 7. The highest BCUT2D eigenvalue weighted by atomic mass is 16.7. The summed E-state index contributed by atoms with van der Waals surface area (Å²) in [4.78, 5) is 14.4. The van der Waals surface area contributed by atoms with Gasteiger partial charge in [-0.1, -0.05) is 56.0 Å². The minimum Gasteiger partial charge on any atom is -0.445 e. The number of ether oxygens (including phenoxy) is 4. The number of carbonyl (C=O) groups excluding carboxylic acids is 1. The molecule has 2 fully saturated rings. The van der Waals surface area contributed by atoms with Gasteiger partial charge in [0.2, 0.25) is 0 Å². The summed E-state index contributed by atoms with van der Waals surface area (Å²) in [6, 6.07) is 15.3. The van der Waals surface area contributed by atoms with Crippen LogP contribution in [0.4, 0.5) is 10.5 Å². The van der Waals surface area contributed by atoms with Gasteiger partial charge in [-0.2, -0.15) is 0 Å². The summed E-state index contributed by atoms with van der Waals surface area (Å²) in [5, 5.41) is 12.2. The summed E-state index contributed by atoms with van der Waals surface area (Å²) in [7, 11) is 0. The van der Waals surface area contributed by atoms with Gasteiger partial charge in [-0.3, -0.25) is 10.2 Å². The SMILES string of the molecule is C=CCOC(=O)Nc1cccc([C@H]2O[C@@H](CN3CCOCC3)[C@@H](C)[C@@H](c3ccc(CO)cc3)O2)c1. The first-order valence-electron chi connectivity index (χ1n) is 12.0. The summed E-state index contributed by atoms with van der Waals surface area (Å²) >= 11 is 0. The Morgan fingerprint density at radius 2 is 1.94 bits per heavy atom. The third kappa shape index (κ3) is 6.68. The lowest BCUT2D eigenvalue weighted by atomic mass is 9.90. The fourth-order valence-electron chi connectivity index (χ4n) is 4.42. The molecule has 2 aromatic rings. The van der Waals surface area contributed by atoms with Crippen molar-refractivity contribution in [2.75, 3.05) is 44.8 Å². The van der Waals surface area contributed by atoms with E-state index in [-0.39, 0.29) is 31.3 Å². The van der Waals surface area contributed by atoms with E-state index in [0.717, 1.165) is 49.5 Å². The van der Waals surface area contributed by atoms with E-state index in [0.29, 0.717) is 5.69 Å². The van der Waals surface area contributed by atoms with Crippen LogP contribution in [0.1, 0.15) is 36.0 Å². The van der Waals surface area contributed by atoms with Crippen molar-refractivity contribution < 1.29 is 28.8 Å². The summed E-state index contributed by atoms with van der Waals surface area (Å²) in [5.74, 6) is 0.101. The number of aliphatic hydroxyl groups excluding tert-OH is 1. The van der Waals surface area contributed by atoms with E-state index in [1.807, 2.05) is 42.5 Å². The van der Waals surface area contributed by atoms with Crippen LogP contribution in [0.3, 0.4) is 0 Å². The van der Waals surface area contributed by atoms with Crippen LogP contribution in [-0.4, -0.2) is 61.7 Å². The van der Waals surface area contributed by atoms with Crippen LogP contribution in [0, 0.1) is 5.92 Å². The molecule has 188 valence electrons. The predicted octanol–water partition coefficient (Wildman–Crippen LogP) is 4.04. The molecule has 2 aliphatic heterocycles. The van der Waals surface area contributed by atoms with Gasteiger partial charge in [0, 0.05) is 36.8 Å². The van der Waals surface area contributed by atoms with Crippen LogP contribution in [0.15, 0.2) is 61.2 Å². The maximum atomic E-state index is 12.0. The number of rotatable bonds is 8. The number of amides is 1. The Bertz CT molecular complexity index is 976. The standard InChI is InChI=1S/C27H34N2O6/c1-3-13-33-27(31)28-23-6-4-5-22(16-23)26-34-24(17-29-11-14-32-15-12-29)19(2)25(35-26)21-9-7-20(18-30)8-10-21/h3-10,16,19,24-26,30H,1,11-15,17-18H2,2H3,(H,28,31)/t19-,24+,25+,26+/m1/s1. The third-order valence-electron chi connectivity index (χ3n) is 6.40. The molecule has 0 aliphatic carbocycles. The van der Waals surface area contributed by atoms with E-state index in [4.69, 9.17) is 18.9 Å². The number of anilines is 1. The van der Waals surface area contributed by atoms with Crippen molar-refractivity contribution in [3.8, 4) is 0 Å². The van der Waals surface area contributed by atoms with Crippen LogP contribution >= 0.6 is 0 Å². The highest BCUT2D eigenvalue weighted by Crippen LogP contribution is 2.42. The molecule has 0 spiro atoms. The van der Waals surface area contributed by atoms with Gasteiger partial charge in [0.05, 0.1) is 32.0 Å². The van der Waals surface area contributed by atoms with E-state index in [1.165, 1.54) is 6.08 Å².